The minimum Gasteiger partial charge on any atom is -0.378 e. The highest BCUT2D eigenvalue weighted by molar-refractivity contribution is 7.18. The van der Waals surface area contributed by atoms with Crippen LogP contribution in [-0.4, -0.2) is 76.4 Å². The van der Waals surface area contributed by atoms with Crippen molar-refractivity contribution in [2.24, 2.45) is 0 Å². The van der Waals surface area contributed by atoms with E-state index in [9.17, 15) is 19.2 Å². The third-order valence-electron chi connectivity index (χ3n) is 11.9. The van der Waals surface area contributed by atoms with Crippen molar-refractivity contribution in [2.75, 3.05) is 38.7 Å². The van der Waals surface area contributed by atoms with E-state index in [0.717, 1.165) is 69.8 Å². The maximum Gasteiger partial charge on any atom is 0.252 e. The number of nitrogens with zero attached hydrogens (tertiary/aromatic N) is 3. The predicted molar refractivity (Wildman–Crippen MR) is 226 cm³/mol. The van der Waals surface area contributed by atoms with Gasteiger partial charge in [-0.05, 0) is 67.0 Å². The number of hydrogen-bond acceptors (Lipinski definition) is 8. The van der Waals surface area contributed by atoms with Crippen LogP contribution in [-0.2, 0) is 20.9 Å². The number of anilines is 1. The zero-order valence-electron chi connectivity index (χ0n) is 32.5. The zero-order valence-corrected chi connectivity index (χ0v) is 33.3. The Hall–Kier alpha value is -5.33. The number of morpholine rings is 1. The average molecular weight is 787 g/mol. The van der Waals surface area contributed by atoms with Gasteiger partial charge in [-0.1, -0.05) is 80.2 Å². The topological polar surface area (TPSA) is 138 Å². The van der Waals surface area contributed by atoms with Crippen LogP contribution in [0.3, 0.4) is 0 Å². The first-order chi connectivity index (χ1) is 27.9. The van der Waals surface area contributed by atoms with Crippen molar-refractivity contribution >= 4 is 51.5 Å². The van der Waals surface area contributed by atoms with Crippen LogP contribution in [0.4, 0.5) is 5.13 Å². The van der Waals surface area contributed by atoms with Gasteiger partial charge in [-0.15, -0.1) is 0 Å². The lowest BCUT2D eigenvalue weighted by Gasteiger charge is -2.28. The summed E-state index contributed by atoms with van der Waals surface area (Å²) in [6.45, 7) is 2.73. The molecule has 3 fully saturated rings. The number of amides is 2. The van der Waals surface area contributed by atoms with Gasteiger partial charge in [0.1, 0.15) is 6.29 Å². The van der Waals surface area contributed by atoms with E-state index < -0.39 is 5.54 Å². The molecule has 2 aliphatic heterocycles. The summed E-state index contributed by atoms with van der Waals surface area (Å²) >= 11 is 1.52. The highest BCUT2D eigenvalue weighted by Gasteiger charge is 2.36. The Labute approximate surface area is 336 Å². The van der Waals surface area contributed by atoms with Crippen LogP contribution in [0.15, 0.2) is 77.4 Å². The van der Waals surface area contributed by atoms with Crippen molar-refractivity contribution < 1.29 is 19.1 Å². The molecule has 5 heterocycles. The molecule has 2 aromatic carbocycles. The third kappa shape index (κ3) is 8.11. The molecule has 0 atom stereocenters. The Balaban J connectivity index is 0.000000274. The number of fused-ring (bicyclic) bond motifs is 5. The van der Waals surface area contributed by atoms with Crippen molar-refractivity contribution in [1.29, 1.82) is 0 Å². The summed E-state index contributed by atoms with van der Waals surface area (Å²) < 4.78 is 7.83. The molecule has 296 valence electrons. The summed E-state index contributed by atoms with van der Waals surface area (Å²) in [7, 11) is 1.82. The predicted octanol–water partition coefficient (Wildman–Crippen LogP) is 7.78. The summed E-state index contributed by atoms with van der Waals surface area (Å²) in [4.78, 5) is 60.2. The number of pyridine rings is 1. The molecule has 3 N–H and O–H groups in total. The van der Waals surface area contributed by atoms with Crippen molar-refractivity contribution in [3.8, 4) is 21.7 Å². The summed E-state index contributed by atoms with van der Waals surface area (Å²) in [5.41, 5.74) is 7.03. The maximum atomic E-state index is 13.9. The lowest BCUT2D eigenvalue weighted by atomic mass is 9.86. The normalized spacial score (nSPS) is 17.9. The number of carbonyl (C=O) groups is 3. The SMILES string of the molecule is CNc1ncc(-c2cc[nH]c(=O)c2)s1.O=CC1(NC(=O)c2ccc3c(C4CCCCCC4)c4n(c3c2)CC(C(=O)N2CCOCC2)=Cc2ccccc2-4)CCCC1. The molecule has 0 unspecified atom stereocenters. The largest absolute Gasteiger partial charge is 0.378 e. The molecular weight excluding hydrogens is 737 g/mol. The van der Waals surface area contributed by atoms with Gasteiger partial charge in [-0.25, -0.2) is 4.98 Å². The Morgan fingerprint density at radius 2 is 1.75 bits per heavy atom. The van der Waals surface area contributed by atoms with E-state index in [2.05, 4.69) is 55.5 Å². The fourth-order valence-electron chi connectivity index (χ4n) is 8.99. The van der Waals surface area contributed by atoms with Gasteiger partial charge in [-0.2, -0.15) is 0 Å². The Kier molecular flexibility index (Phi) is 11.5. The van der Waals surface area contributed by atoms with Crippen LogP contribution in [0.5, 0.6) is 0 Å². The number of carbonyl (C=O) groups excluding carboxylic acids is 3. The Morgan fingerprint density at radius 1 is 0.982 bits per heavy atom. The van der Waals surface area contributed by atoms with Crippen molar-refractivity contribution in [1.82, 2.24) is 24.8 Å². The second-order valence-corrected chi connectivity index (χ2v) is 16.6. The van der Waals surface area contributed by atoms with Crippen LogP contribution in [0.25, 0.3) is 38.7 Å². The minimum atomic E-state index is -0.771. The molecule has 11 nitrogen and oxygen atoms in total. The summed E-state index contributed by atoms with van der Waals surface area (Å²) in [6, 6.07) is 17.9. The average Bonchev–Trinajstić information content (AvgIpc) is 3.91. The maximum absolute atomic E-state index is 13.9. The van der Waals surface area contributed by atoms with Gasteiger partial charge in [-0.3, -0.25) is 14.4 Å². The molecule has 2 aliphatic carbocycles. The Bertz CT molecular complexity index is 2350. The van der Waals surface area contributed by atoms with E-state index in [-0.39, 0.29) is 17.4 Å². The van der Waals surface area contributed by atoms with Gasteiger partial charge < -0.3 is 34.6 Å². The van der Waals surface area contributed by atoms with Gasteiger partial charge in [0.2, 0.25) is 5.56 Å². The molecule has 4 aliphatic rings. The third-order valence-corrected chi connectivity index (χ3v) is 13.0. The van der Waals surface area contributed by atoms with Gasteiger partial charge >= 0.3 is 0 Å². The van der Waals surface area contributed by atoms with Gasteiger partial charge in [0, 0.05) is 71.8 Å². The van der Waals surface area contributed by atoms with Crippen molar-refractivity contribution in [2.45, 2.75) is 82.2 Å². The molecule has 9 rings (SSSR count). The highest BCUT2D eigenvalue weighted by Crippen LogP contribution is 2.46. The fourth-order valence-corrected chi connectivity index (χ4v) is 9.76. The number of aromatic amines is 1. The molecule has 0 bridgehead atoms. The fraction of sp³-hybridized carbons (Fsp3) is 0.400. The van der Waals surface area contributed by atoms with E-state index in [1.165, 1.54) is 53.7 Å². The second kappa shape index (κ2) is 17.0. The van der Waals surface area contributed by atoms with E-state index >= 15 is 0 Å². The van der Waals surface area contributed by atoms with Crippen LogP contribution < -0.4 is 16.2 Å². The summed E-state index contributed by atoms with van der Waals surface area (Å²) in [5.74, 6) is 0.255. The number of nitrogens with one attached hydrogen (secondary N) is 3. The lowest BCUT2D eigenvalue weighted by molar-refractivity contribution is -0.131. The number of aromatic nitrogens is 3. The molecule has 2 saturated carbocycles. The van der Waals surface area contributed by atoms with E-state index in [1.807, 2.05) is 36.2 Å². The number of H-pyrrole nitrogens is 1. The molecule has 5 aromatic rings. The molecular formula is C45H50N6O5S. The zero-order chi connectivity index (χ0) is 39.4. The second-order valence-electron chi connectivity index (χ2n) is 15.6. The number of ether oxygens (including phenoxy) is 1. The Morgan fingerprint density at radius 3 is 2.47 bits per heavy atom. The monoisotopic (exact) mass is 786 g/mol. The van der Waals surface area contributed by atoms with Gasteiger partial charge in [0.25, 0.3) is 11.8 Å². The number of hydrogen-bond donors (Lipinski definition) is 3. The number of rotatable bonds is 7. The van der Waals surface area contributed by atoms with Crippen LogP contribution in [0, 0.1) is 0 Å². The number of aldehydes is 1. The van der Waals surface area contributed by atoms with Gasteiger partial charge in [0.05, 0.1) is 35.9 Å². The van der Waals surface area contributed by atoms with Crippen LogP contribution >= 0.6 is 11.3 Å². The van der Waals surface area contributed by atoms with E-state index in [0.29, 0.717) is 57.2 Å². The number of benzene rings is 2. The van der Waals surface area contributed by atoms with Crippen molar-refractivity contribution in [3.05, 3.63) is 99.6 Å². The van der Waals surface area contributed by atoms with E-state index in [4.69, 9.17) is 4.74 Å². The van der Waals surface area contributed by atoms with Crippen LogP contribution in [0.2, 0.25) is 0 Å². The van der Waals surface area contributed by atoms with Crippen molar-refractivity contribution in [3.63, 3.8) is 0 Å². The minimum absolute atomic E-state index is 0.0480. The smallest absolute Gasteiger partial charge is 0.252 e. The lowest BCUT2D eigenvalue weighted by Crippen LogP contribution is -2.47. The van der Waals surface area contributed by atoms with Crippen LogP contribution in [0.1, 0.15) is 91.6 Å². The molecule has 12 heteroatoms. The molecule has 3 aromatic heterocycles. The number of thiazole rings is 1. The first kappa shape index (κ1) is 38.5. The molecule has 0 spiro atoms. The first-order valence-corrected chi connectivity index (χ1v) is 21.1. The molecule has 57 heavy (non-hydrogen) atoms. The summed E-state index contributed by atoms with van der Waals surface area (Å²) in [6.07, 6.45) is 16.9. The van der Waals surface area contributed by atoms with Gasteiger partial charge in [0.15, 0.2) is 5.13 Å². The highest BCUT2D eigenvalue weighted by atomic mass is 32.1. The first-order valence-electron chi connectivity index (χ1n) is 20.3. The standard InChI is InChI=1S/C36H41N3O4.C9H9N3OS/c40-24-36(15-7-8-16-36)37-34(41)27-13-14-30-31(22-27)39-23-28(35(42)38-17-19-43-20-18-38)21-26-11-5-6-12-29(26)33(39)32(30)25-9-3-1-2-4-10-25;1-10-9-12-5-7(14-9)6-2-3-11-8(13)4-6/h5-6,11-14,21-22,24-25H,1-4,7-10,15-20,23H2,(H,37,41);2-5H,1H3,(H,10,12)(H,11,13). The molecule has 2 amide bonds. The summed E-state index contributed by atoms with van der Waals surface area (Å²) in [5, 5.41) is 8.05. The van der Waals surface area contributed by atoms with E-state index in [1.54, 1.807) is 18.5 Å². The quantitative estimate of drug-likeness (QED) is 0.113. The molecule has 1 saturated heterocycles. The molecule has 0 radical (unpaired) electrons.